The molecule has 0 aliphatic rings. The smallest absolute Gasteiger partial charge is 0.337 e. The van der Waals surface area contributed by atoms with Crippen molar-refractivity contribution < 1.29 is 9.53 Å². The molecular weight excluding hydrogens is 306 g/mol. The third-order valence-electron chi connectivity index (χ3n) is 3.87. The fourth-order valence-corrected chi connectivity index (χ4v) is 3.84. The third-order valence-corrected chi connectivity index (χ3v) is 5.21. The molecule has 0 unspecified atom stereocenters. The average molecular weight is 325 g/mol. The van der Waals surface area contributed by atoms with Gasteiger partial charge in [0.15, 0.2) is 0 Å². The Balaban J connectivity index is 2.00. The van der Waals surface area contributed by atoms with Crippen LogP contribution in [-0.2, 0) is 4.74 Å². The molecule has 3 aromatic rings. The Labute approximate surface area is 140 Å². The van der Waals surface area contributed by atoms with Crippen molar-refractivity contribution in [3.63, 3.8) is 0 Å². The van der Waals surface area contributed by atoms with Gasteiger partial charge < -0.3 is 4.74 Å². The number of hydrogen-bond donors (Lipinski definition) is 0. The predicted molar refractivity (Wildman–Crippen MR) is 95.2 cm³/mol. The highest BCUT2D eigenvalue weighted by Gasteiger charge is 2.11. The average Bonchev–Trinajstić information content (AvgIpc) is 2.92. The summed E-state index contributed by atoms with van der Waals surface area (Å²) in [5.74, 6) is -0.308. The van der Waals surface area contributed by atoms with Gasteiger partial charge in [-0.05, 0) is 68.1 Å². The lowest BCUT2D eigenvalue weighted by atomic mass is 10.1. The van der Waals surface area contributed by atoms with E-state index in [0.29, 0.717) is 5.56 Å². The first kappa shape index (κ1) is 15.7. The molecule has 0 radical (unpaired) electrons. The van der Waals surface area contributed by atoms with Crippen molar-refractivity contribution in [1.82, 2.24) is 3.97 Å². The minimum atomic E-state index is -0.308. The van der Waals surface area contributed by atoms with Crippen molar-refractivity contribution in [1.29, 1.82) is 0 Å². The van der Waals surface area contributed by atoms with Crippen molar-refractivity contribution in [3.8, 4) is 0 Å². The Bertz CT molecular complexity index is 873. The normalized spacial score (nSPS) is 11.0. The van der Waals surface area contributed by atoms with Crippen LogP contribution in [-0.4, -0.2) is 17.1 Å². The SMILES string of the molecule is COC(=O)c1ccc2c(ccn2Sc2c(C)cc(C)cc2C)c1. The summed E-state index contributed by atoms with van der Waals surface area (Å²) in [7, 11) is 1.40. The monoisotopic (exact) mass is 325 g/mol. The fourth-order valence-electron chi connectivity index (χ4n) is 2.85. The van der Waals surface area contributed by atoms with E-state index < -0.39 is 0 Å². The van der Waals surface area contributed by atoms with Crippen LogP contribution >= 0.6 is 11.9 Å². The lowest BCUT2D eigenvalue weighted by molar-refractivity contribution is 0.0601. The summed E-state index contributed by atoms with van der Waals surface area (Å²) in [6, 6.07) is 12.1. The van der Waals surface area contributed by atoms with Gasteiger partial charge in [0.25, 0.3) is 0 Å². The molecule has 4 heteroatoms. The Hall–Kier alpha value is -2.20. The first-order valence-electron chi connectivity index (χ1n) is 7.45. The maximum absolute atomic E-state index is 11.6. The van der Waals surface area contributed by atoms with Crippen molar-refractivity contribution in [2.24, 2.45) is 0 Å². The largest absolute Gasteiger partial charge is 0.465 e. The Kier molecular flexibility index (Phi) is 4.18. The maximum atomic E-state index is 11.6. The van der Waals surface area contributed by atoms with Gasteiger partial charge in [0.1, 0.15) is 0 Å². The highest BCUT2D eigenvalue weighted by Crippen LogP contribution is 2.32. The van der Waals surface area contributed by atoms with Crippen LogP contribution in [0.25, 0.3) is 10.9 Å². The van der Waals surface area contributed by atoms with E-state index in [-0.39, 0.29) is 5.97 Å². The van der Waals surface area contributed by atoms with Gasteiger partial charge >= 0.3 is 5.97 Å². The van der Waals surface area contributed by atoms with Crippen molar-refractivity contribution in [2.45, 2.75) is 25.7 Å². The zero-order valence-electron chi connectivity index (χ0n) is 13.7. The molecule has 0 saturated heterocycles. The van der Waals surface area contributed by atoms with Crippen LogP contribution in [0.1, 0.15) is 27.0 Å². The van der Waals surface area contributed by atoms with E-state index in [1.54, 1.807) is 18.0 Å². The number of aryl methyl sites for hydroxylation is 3. The number of hydrogen-bond acceptors (Lipinski definition) is 3. The Morgan fingerprint density at radius 3 is 2.39 bits per heavy atom. The Morgan fingerprint density at radius 2 is 1.74 bits per heavy atom. The minimum Gasteiger partial charge on any atom is -0.465 e. The summed E-state index contributed by atoms with van der Waals surface area (Å²) in [5, 5.41) is 1.03. The highest BCUT2D eigenvalue weighted by molar-refractivity contribution is 7.98. The van der Waals surface area contributed by atoms with E-state index in [1.165, 1.54) is 28.7 Å². The summed E-state index contributed by atoms with van der Waals surface area (Å²) in [4.78, 5) is 12.9. The molecule has 3 rings (SSSR count). The van der Waals surface area contributed by atoms with E-state index in [2.05, 4.69) is 36.9 Å². The second kappa shape index (κ2) is 6.13. The van der Waals surface area contributed by atoms with Crippen LogP contribution in [0.5, 0.6) is 0 Å². The number of fused-ring (bicyclic) bond motifs is 1. The second-order valence-electron chi connectivity index (χ2n) is 5.73. The quantitative estimate of drug-likeness (QED) is 0.641. The summed E-state index contributed by atoms with van der Waals surface area (Å²) < 4.78 is 6.92. The molecule has 0 fully saturated rings. The van der Waals surface area contributed by atoms with Crippen molar-refractivity contribution in [2.75, 3.05) is 7.11 Å². The highest BCUT2D eigenvalue weighted by atomic mass is 32.2. The molecule has 0 aliphatic heterocycles. The molecule has 0 aliphatic carbocycles. The van der Waals surface area contributed by atoms with Gasteiger partial charge in [-0.1, -0.05) is 17.7 Å². The van der Waals surface area contributed by atoms with Crippen LogP contribution < -0.4 is 0 Å². The molecule has 0 saturated carbocycles. The number of nitrogens with zero attached hydrogens (tertiary/aromatic N) is 1. The standard InChI is InChI=1S/C19H19NO2S/c1-12-9-13(2)18(14(3)10-12)23-20-8-7-15-11-16(19(21)22-4)5-6-17(15)20/h5-11H,1-4H3. The summed E-state index contributed by atoms with van der Waals surface area (Å²) in [6.45, 7) is 6.40. The fraction of sp³-hybridized carbons (Fsp3) is 0.211. The van der Waals surface area contributed by atoms with E-state index >= 15 is 0 Å². The maximum Gasteiger partial charge on any atom is 0.337 e. The summed E-state index contributed by atoms with van der Waals surface area (Å²) >= 11 is 1.71. The number of aromatic nitrogens is 1. The van der Waals surface area contributed by atoms with E-state index in [9.17, 15) is 4.79 Å². The molecule has 0 atom stereocenters. The molecule has 1 aromatic heterocycles. The lowest BCUT2D eigenvalue weighted by Crippen LogP contribution is -2.00. The second-order valence-corrected chi connectivity index (χ2v) is 6.71. The van der Waals surface area contributed by atoms with Gasteiger partial charge in [0.05, 0.1) is 18.2 Å². The van der Waals surface area contributed by atoms with Crippen molar-refractivity contribution in [3.05, 3.63) is 64.8 Å². The summed E-state index contributed by atoms with van der Waals surface area (Å²) in [5.41, 5.74) is 5.50. The van der Waals surface area contributed by atoms with Gasteiger partial charge in [-0.15, -0.1) is 0 Å². The molecule has 0 bridgehead atoms. The first-order chi connectivity index (χ1) is 11.0. The van der Waals surface area contributed by atoms with Gasteiger partial charge in [-0.2, -0.15) is 0 Å². The van der Waals surface area contributed by atoms with E-state index in [0.717, 1.165) is 10.9 Å². The first-order valence-corrected chi connectivity index (χ1v) is 8.22. The topological polar surface area (TPSA) is 31.2 Å². The lowest BCUT2D eigenvalue weighted by Gasteiger charge is -2.12. The Morgan fingerprint density at radius 1 is 1.04 bits per heavy atom. The van der Waals surface area contributed by atoms with Crippen molar-refractivity contribution >= 4 is 28.8 Å². The van der Waals surface area contributed by atoms with Crippen LogP contribution in [0, 0.1) is 20.8 Å². The van der Waals surface area contributed by atoms with Gasteiger partial charge in [-0.3, -0.25) is 3.97 Å². The number of methoxy groups -OCH3 is 1. The number of esters is 1. The number of ether oxygens (including phenoxy) is 1. The molecule has 1 heterocycles. The summed E-state index contributed by atoms with van der Waals surface area (Å²) in [6.07, 6.45) is 2.04. The van der Waals surface area contributed by atoms with Crippen LogP contribution in [0.4, 0.5) is 0 Å². The van der Waals surface area contributed by atoms with E-state index in [4.69, 9.17) is 4.74 Å². The van der Waals surface area contributed by atoms with Gasteiger partial charge in [-0.25, -0.2) is 4.79 Å². The van der Waals surface area contributed by atoms with Crippen LogP contribution in [0.2, 0.25) is 0 Å². The van der Waals surface area contributed by atoms with Gasteiger partial charge in [0.2, 0.25) is 0 Å². The molecule has 118 valence electrons. The molecule has 3 nitrogen and oxygen atoms in total. The van der Waals surface area contributed by atoms with E-state index in [1.807, 2.05) is 24.4 Å². The minimum absolute atomic E-state index is 0.308. The number of benzene rings is 2. The molecule has 23 heavy (non-hydrogen) atoms. The third kappa shape index (κ3) is 2.99. The molecule has 0 amide bonds. The number of rotatable bonds is 3. The molecule has 0 spiro atoms. The van der Waals surface area contributed by atoms with Crippen LogP contribution in [0.15, 0.2) is 47.5 Å². The molecule has 2 aromatic carbocycles. The zero-order chi connectivity index (χ0) is 16.6. The van der Waals surface area contributed by atoms with Crippen LogP contribution in [0.3, 0.4) is 0 Å². The molecular formula is C19H19NO2S. The number of carbonyl (C=O) groups excluding carboxylic acids is 1. The predicted octanol–water partition coefficient (Wildman–Crippen LogP) is 4.91. The number of carbonyl (C=O) groups is 1. The van der Waals surface area contributed by atoms with Gasteiger partial charge in [0, 0.05) is 16.5 Å². The zero-order valence-corrected chi connectivity index (χ0v) is 14.5. The molecule has 0 N–H and O–H groups in total.